The number of nitrogens with zero attached hydrogens (tertiary/aromatic N) is 1. The number of aryl methyl sites for hydroxylation is 1. The highest BCUT2D eigenvalue weighted by molar-refractivity contribution is 5.94. The minimum absolute atomic E-state index is 0.0351. The summed E-state index contributed by atoms with van der Waals surface area (Å²) in [6.07, 6.45) is 2.59. The Morgan fingerprint density at radius 3 is 2.58 bits per heavy atom. The second-order valence-electron chi connectivity index (χ2n) is 4.67. The summed E-state index contributed by atoms with van der Waals surface area (Å²) in [4.78, 5) is 14.2. The number of likely N-dealkylation sites (tertiary alicyclic amines) is 1. The molecule has 1 aliphatic heterocycles. The molecule has 0 radical (unpaired) electrons. The molecule has 1 saturated heterocycles. The molecule has 1 aromatic rings. The maximum Gasteiger partial charge on any atom is 0.251 e. The first-order valence-electron chi connectivity index (χ1n) is 7.33. The lowest BCUT2D eigenvalue weighted by Crippen LogP contribution is -2.33. The highest BCUT2D eigenvalue weighted by atomic mass is 16.1. The largest absolute Gasteiger partial charge is 0.351 e. The van der Waals surface area contributed by atoms with Crippen LogP contribution in [-0.4, -0.2) is 37.0 Å². The highest BCUT2D eigenvalue weighted by Gasteiger charge is 2.11. The molecule has 2 rings (SSSR count). The van der Waals surface area contributed by atoms with Gasteiger partial charge in [-0.2, -0.15) is 0 Å². The Morgan fingerprint density at radius 2 is 1.95 bits per heavy atom. The summed E-state index contributed by atoms with van der Waals surface area (Å²) in [7, 11) is 0. The van der Waals surface area contributed by atoms with Gasteiger partial charge in [0.25, 0.3) is 5.91 Å². The maximum atomic E-state index is 11.8. The van der Waals surface area contributed by atoms with Gasteiger partial charge in [-0.3, -0.25) is 4.79 Å². The molecule has 1 heterocycles. The third kappa shape index (κ3) is 5.43. The van der Waals surface area contributed by atoms with Crippen molar-refractivity contribution in [2.75, 3.05) is 26.2 Å². The van der Waals surface area contributed by atoms with Gasteiger partial charge in [-0.1, -0.05) is 31.5 Å². The predicted octanol–water partition coefficient (Wildman–Crippen LogP) is 2.85. The molecule has 0 atom stereocenters. The Labute approximate surface area is 117 Å². The summed E-state index contributed by atoms with van der Waals surface area (Å²) < 4.78 is 0. The molecular formula is C16H26N2O. The SMILES string of the molecule is CC.Cc1cccc(C(=O)NCCN2CCCC2)c1. The van der Waals surface area contributed by atoms with Crippen LogP contribution in [0.5, 0.6) is 0 Å². The second kappa shape index (κ2) is 8.70. The molecule has 106 valence electrons. The van der Waals surface area contributed by atoms with Gasteiger partial charge in [0.1, 0.15) is 0 Å². The van der Waals surface area contributed by atoms with Crippen LogP contribution in [0.25, 0.3) is 0 Å². The minimum Gasteiger partial charge on any atom is -0.351 e. The van der Waals surface area contributed by atoms with Gasteiger partial charge in [0, 0.05) is 18.7 Å². The normalized spacial score (nSPS) is 14.7. The van der Waals surface area contributed by atoms with Crippen LogP contribution in [0.2, 0.25) is 0 Å². The third-order valence-electron chi connectivity index (χ3n) is 3.19. The summed E-state index contributed by atoms with van der Waals surface area (Å²) in [5.74, 6) is 0.0351. The van der Waals surface area contributed by atoms with Gasteiger partial charge in [0.05, 0.1) is 0 Å². The highest BCUT2D eigenvalue weighted by Crippen LogP contribution is 2.06. The molecule has 1 aromatic carbocycles. The van der Waals surface area contributed by atoms with Crippen molar-refractivity contribution in [1.29, 1.82) is 0 Å². The van der Waals surface area contributed by atoms with Crippen molar-refractivity contribution in [3.8, 4) is 0 Å². The zero-order chi connectivity index (χ0) is 14.1. The fourth-order valence-electron chi connectivity index (χ4n) is 2.22. The Morgan fingerprint density at radius 1 is 1.26 bits per heavy atom. The molecule has 0 saturated carbocycles. The van der Waals surface area contributed by atoms with Crippen molar-refractivity contribution in [3.63, 3.8) is 0 Å². The number of hydrogen-bond acceptors (Lipinski definition) is 2. The number of carbonyl (C=O) groups excluding carboxylic acids is 1. The summed E-state index contributed by atoms with van der Waals surface area (Å²) in [5, 5.41) is 2.97. The van der Waals surface area contributed by atoms with Gasteiger partial charge < -0.3 is 10.2 Å². The van der Waals surface area contributed by atoms with E-state index in [0.29, 0.717) is 0 Å². The molecule has 0 bridgehead atoms. The molecule has 3 nitrogen and oxygen atoms in total. The van der Waals surface area contributed by atoms with Crippen molar-refractivity contribution in [2.24, 2.45) is 0 Å². The summed E-state index contributed by atoms with van der Waals surface area (Å²) in [6, 6.07) is 7.70. The topological polar surface area (TPSA) is 32.3 Å². The van der Waals surface area contributed by atoms with E-state index >= 15 is 0 Å². The number of amides is 1. The van der Waals surface area contributed by atoms with Crippen molar-refractivity contribution in [3.05, 3.63) is 35.4 Å². The van der Waals surface area contributed by atoms with E-state index in [0.717, 1.165) is 24.2 Å². The fourth-order valence-corrected chi connectivity index (χ4v) is 2.22. The van der Waals surface area contributed by atoms with Crippen LogP contribution in [0.3, 0.4) is 0 Å². The van der Waals surface area contributed by atoms with Crippen LogP contribution in [0.4, 0.5) is 0 Å². The smallest absolute Gasteiger partial charge is 0.251 e. The van der Waals surface area contributed by atoms with Gasteiger partial charge in [0.15, 0.2) is 0 Å². The summed E-state index contributed by atoms with van der Waals surface area (Å²) in [5.41, 5.74) is 1.88. The van der Waals surface area contributed by atoms with E-state index in [9.17, 15) is 4.79 Å². The molecule has 1 fully saturated rings. The van der Waals surface area contributed by atoms with Crippen molar-refractivity contribution < 1.29 is 4.79 Å². The molecule has 0 aliphatic carbocycles. The van der Waals surface area contributed by atoms with E-state index < -0.39 is 0 Å². The molecule has 0 aromatic heterocycles. The predicted molar refractivity (Wildman–Crippen MR) is 80.5 cm³/mol. The van der Waals surface area contributed by atoms with Crippen molar-refractivity contribution in [1.82, 2.24) is 10.2 Å². The number of nitrogens with one attached hydrogen (secondary N) is 1. The van der Waals surface area contributed by atoms with Gasteiger partial charge in [0.2, 0.25) is 0 Å². The maximum absolute atomic E-state index is 11.8. The quantitative estimate of drug-likeness (QED) is 0.905. The van der Waals surface area contributed by atoms with E-state index in [4.69, 9.17) is 0 Å². The molecule has 3 heteroatoms. The van der Waals surface area contributed by atoms with Crippen LogP contribution >= 0.6 is 0 Å². The zero-order valence-corrected chi connectivity index (χ0v) is 12.4. The third-order valence-corrected chi connectivity index (χ3v) is 3.19. The average molecular weight is 262 g/mol. The first kappa shape index (κ1) is 15.7. The molecular weight excluding hydrogens is 236 g/mol. The molecule has 19 heavy (non-hydrogen) atoms. The van der Waals surface area contributed by atoms with E-state index in [1.54, 1.807) is 0 Å². The Balaban J connectivity index is 0.000000861. The Bertz CT molecular complexity index is 384. The first-order chi connectivity index (χ1) is 9.25. The Hall–Kier alpha value is -1.35. The monoisotopic (exact) mass is 262 g/mol. The fraction of sp³-hybridized carbons (Fsp3) is 0.562. The molecule has 0 spiro atoms. The minimum atomic E-state index is 0.0351. The first-order valence-corrected chi connectivity index (χ1v) is 7.33. The summed E-state index contributed by atoms with van der Waals surface area (Å²) in [6.45, 7) is 10.1. The molecule has 1 amide bonds. The van der Waals surface area contributed by atoms with Crippen LogP contribution in [0, 0.1) is 6.92 Å². The standard InChI is InChI=1S/C14H20N2O.C2H6/c1-12-5-4-6-13(11-12)14(17)15-7-10-16-8-2-3-9-16;1-2/h4-6,11H,2-3,7-10H2,1H3,(H,15,17);1-2H3. The van der Waals surface area contributed by atoms with Crippen molar-refractivity contribution >= 4 is 5.91 Å². The molecule has 1 N–H and O–H groups in total. The summed E-state index contributed by atoms with van der Waals surface area (Å²) >= 11 is 0. The van der Waals surface area contributed by atoms with Gasteiger partial charge in [-0.15, -0.1) is 0 Å². The molecule has 1 aliphatic rings. The second-order valence-corrected chi connectivity index (χ2v) is 4.67. The number of rotatable bonds is 4. The lowest BCUT2D eigenvalue weighted by molar-refractivity contribution is 0.0949. The number of benzene rings is 1. The zero-order valence-electron chi connectivity index (χ0n) is 12.4. The molecule has 0 unspecified atom stereocenters. The van der Waals surface area contributed by atoms with Gasteiger partial charge in [-0.25, -0.2) is 0 Å². The Kier molecular flexibility index (Phi) is 7.19. The van der Waals surface area contributed by atoms with E-state index in [-0.39, 0.29) is 5.91 Å². The van der Waals surface area contributed by atoms with Crippen LogP contribution in [-0.2, 0) is 0 Å². The van der Waals surface area contributed by atoms with E-state index in [1.807, 2.05) is 45.0 Å². The lowest BCUT2D eigenvalue weighted by atomic mass is 10.1. The number of carbonyl (C=O) groups is 1. The van der Waals surface area contributed by atoms with Gasteiger partial charge in [-0.05, 0) is 45.0 Å². The number of hydrogen-bond donors (Lipinski definition) is 1. The van der Waals surface area contributed by atoms with Crippen LogP contribution < -0.4 is 5.32 Å². The average Bonchev–Trinajstić information content (AvgIpc) is 2.94. The van der Waals surface area contributed by atoms with Crippen LogP contribution in [0.15, 0.2) is 24.3 Å². The van der Waals surface area contributed by atoms with Crippen LogP contribution in [0.1, 0.15) is 42.6 Å². The van der Waals surface area contributed by atoms with E-state index in [2.05, 4.69) is 10.2 Å². The van der Waals surface area contributed by atoms with E-state index in [1.165, 1.54) is 25.9 Å². The van der Waals surface area contributed by atoms with Gasteiger partial charge >= 0.3 is 0 Å². The van der Waals surface area contributed by atoms with Crippen molar-refractivity contribution in [2.45, 2.75) is 33.6 Å². The lowest BCUT2D eigenvalue weighted by Gasteiger charge is -2.14.